The van der Waals surface area contributed by atoms with Crippen molar-refractivity contribution in [1.82, 2.24) is 9.88 Å². The van der Waals surface area contributed by atoms with E-state index in [1.165, 1.54) is 11.8 Å². The number of aliphatic hydroxyl groups excluding tert-OH is 1. The monoisotopic (exact) mass is 438 g/mol. The molecule has 0 saturated carbocycles. The predicted octanol–water partition coefficient (Wildman–Crippen LogP) is 3.61. The van der Waals surface area contributed by atoms with Crippen LogP contribution >= 0.6 is 23.4 Å². The highest BCUT2D eigenvalue weighted by Gasteiger charge is 2.41. The summed E-state index contributed by atoms with van der Waals surface area (Å²) in [6.45, 7) is 7.11. The number of aromatic nitrogens is 1. The molecule has 0 bridgehead atoms. The van der Waals surface area contributed by atoms with E-state index in [0.717, 1.165) is 49.6 Å². The van der Waals surface area contributed by atoms with E-state index in [0.29, 0.717) is 27.4 Å². The Kier molecular flexibility index (Phi) is 7.37. The Morgan fingerprint density at radius 3 is 2.83 bits per heavy atom. The number of rotatable bonds is 6. The van der Waals surface area contributed by atoms with E-state index in [9.17, 15) is 5.11 Å². The number of likely N-dealkylation sites (tertiary alicyclic amines) is 1. The third-order valence-electron chi connectivity index (χ3n) is 5.89. The minimum Gasteiger partial charge on any atom is -0.396 e. The molecule has 2 saturated heterocycles. The zero-order valence-corrected chi connectivity index (χ0v) is 18.7. The maximum Gasteiger partial charge on any atom is 0.143 e. The SMILES string of the molecule is CC(CO)/C(=C\C=C(/N)Sc1ccnc(N)c1Cl)N1CCC2(CC1)CO[C@@H](C)C2. The first-order chi connectivity index (χ1) is 13.8. The minimum atomic E-state index is 0.0389. The maximum absolute atomic E-state index is 9.76. The molecule has 29 heavy (non-hydrogen) atoms. The Bertz CT molecular complexity index is 778. The van der Waals surface area contributed by atoms with Crippen LogP contribution in [-0.4, -0.2) is 47.4 Å². The van der Waals surface area contributed by atoms with Crippen LogP contribution in [0.3, 0.4) is 0 Å². The van der Waals surface area contributed by atoms with E-state index >= 15 is 0 Å². The van der Waals surface area contributed by atoms with Crippen LogP contribution in [0.15, 0.2) is 40.0 Å². The van der Waals surface area contributed by atoms with Gasteiger partial charge < -0.3 is 26.2 Å². The molecule has 2 atom stereocenters. The summed E-state index contributed by atoms with van der Waals surface area (Å²) in [5.41, 5.74) is 13.4. The maximum atomic E-state index is 9.76. The Morgan fingerprint density at radius 2 is 2.21 bits per heavy atom. The van der Waals surface area contributed by atoms with Crippen molar-refractivity contribution < 1.29 is 9.84 Å². The summed E-state index contributed by atoms with van der Waals surface area (Å²) in [5.74, 6) is 0.332. The fraction of sp³-hybridized carbons (Fsp3) is 0.571. The number of hydrogen-bond acceptors (Lipinski definition) is 7. The number of nitrogens with zero attached hydrogens (tertiary/aromatic N) is 2. The highest BCUT2D eigenvalue weighted by atomic mass is 35.5. The topological polar surface area (TPSA) is 97.6 Å². The van der Waals surface area contributed by atoms with E-state index in [1.807, 2.05) is 19.1 Å². The summed E-state index contributed by atoms with van der Waals surface area (Å²) >= 11 is 7.56. The lowest BCUT2D eigenvalue weighted by Crippen LogP contribution is -2.41. The average Bonchev–Trinajstić information content (AvgIpc) is 3.07. The highest BCUT2D eigenvalue weighted by molar-refractivity contribution is 8.03. The van der Waals surface area contributed by atoms with Crippen molar-refractivity contribution >= 4 is 29.2 Å². The first-order valence-corrected chi connectivity index (χ1v) is 11.3. The van der Waals surface area contributed by atoms with Crippen LogP contribution < -0.4 is 11.5 Å². The van der Waals surface area contributed by atoms with Gasteiger partial charge in [-0.25, -0.2) is 4.98 Å². The normalized spacial score (nSPS) is 23.6. The summed E-state index contributed by atoms with van der Waals surface area (Å²) in [6.07, 6.45) is 9.26. The molecule has 3 rings (SSSR count). The van der Waals surface area contributed by atoms with Crippen molar-refractivity contribution in [3.63, 3.8) is 0 Å². The molecule has 1 spiro atoms. The van der Waals surface area contributed by atoms with Gasteiger partial charge in [0.2, 0.25) is 0 Å². The molecule has 0 radical (unpaired) electrons. The largest absolute Gasteiger partial charge is 0.396 e. The molecule has 0 aromatic carbocycles. The predicted molar refractivity (Wildman–Crippen MR) is 119 cm³/mol. The van der Waals surface area contributed by atoms with Gasteiger partial charge in [0.15, 0.2) is 0 Å². The van der Waals surface area contributed by atoms with Gasteiger partial charge in [-0.3, -0.25) is 0 Å². The molecule has 160 valence electrons. The number of aliphatic hydroxyl groups is 1. The number of ether oxygens (including phenoxy) is 1. The lowest BCUT2D eigenvalue weighted by Gasteiger charge is -2.41. The van der Waals surface area contributed by atoms with Crippen molar-refractivity contribution in [2.45, 2.75) is 44.1 Å². The van der Waals surface area contributed by atoms with Crippen LogP contribution in [0.2, 0.25) is 5.02 Å². The van der Waals surface area contributed by atoms with Gasteiger partial charge in [-0.15, -0.1) is 0 Å². The van der Waals surface area contributed by atoms with Crippen molar-refractivity contribution in [3.05, 3.63) is 40.2 Å². The third-order valence-corrected chi connectivity index (χ3v) is 7.33. The molecule has 1 aromatic heterocycles. The Balaban J connectivity index is 1.70. The molecular weight excluding hydrogens is 408 g/mol. The fourth-order valence-corrected chi connectivity index (χ4v) is 5.10. The summed E-state index contributed by atoms with van der Waals surface area (Å²) < 4.78 is 5.84. The molecule has 5 N–H and O–H groups in total. The van der Waals surface area contributed by atoms with Crippen LogP contribution in [0, 0.1) is 11.3 Å². The number of piperidine rings is 1. The van der Waals surface area contributed by atoms with Crippen LogP contribution in [0.1, 0.15) is 33.1 Å². The Hall–Kier alpha value is -1.41. The van der Waals surface area contributed by atoms with E-state index in [4.69, 9.17) is 27.8 Å². The molecule has 0 amide bonds. The van der Waals surface area contributed by atoms with Crippen LogP contribution in [-0.2, 0) is 4.74 Å². The van der Waals surface area contributed by atoms with Crippen LogP contribution in [0.25, 0.3) is 0 Å². The molecule has 0 aliphatic carbocycles. The molecule has 1 unspecified atom stereocenters. The number of anilines is 1. The summed E-state index contributed by atoms with van der Waals surface area (Å²) in [7, 11) is 0. The summed E-state index contributed by atoms with van der Waals surface area (Å²) in [6, 6.07) is 1.79. The molecule has 3 heterocycles. The molecule has 2 aliphatic rings. The number of thioether (sulfide) groups is 1. The second-order valence-electron chi connectivity index (χ2n) is 8.17. The van der Waals surface area contributed by atoms with E-state index < -0.39 is 0 Å². The molecule has 8 heteroatoms. The Morgan fingerprint density at radius 1 is 1.48 bits per heavy atom. The molecule has 2 aliphatic heterocycles. The van der Waals surface area contributed by atoms with Crippen LogP contribution in [0.5, 0.6) is 0 Å². The van der Waals surface area contributed by atoms with Crippen molar-refractivity contribution in [2.75, 3.05) is 32.0 Å². The smallest absolute Gasteiger partial charge is 0.143 e. The number of nitrogen functional groups attached to an aromatic ring is 1. The molecule has 2 fully saturated rings. The molecule has 6 nitrogen and oxygen atoms in total. The first-order valence-electron chi connectivity index (χ1n) is 10.1. The molecule has 1 aromatic rings. The summed E-state index contributed by atoms with van der Waals surface area (Å²) in [5, 5.41) is 10.8. The molecular formula is C21H31ClN4O2S. The van der Waals surface area contributed by atoms with Gasteiger partial charge >= 0.3 is 0 Å². The average molecular weight is 439 g/mol. The first kappa shape index (κ1) is 22.3. The summed E-state index contributed by atoms with van der Waals surface area (Å²) in [4.78, 5) is 7.12. The standard InChI is InChI=1S/C21H31ClN4O2S/c1-14(12-27)16(26-9-6-21(7-10-26)11-15(2)28-13-21)3-4-18(23)29-17-5-8-25-20(24)19(17)22/h3-5,8,14-15,27H,6-7,9-13,23H2,1-2H3,(H2,24,25)/b16-3+,18-4+/t14?,15-/m0/s1. The highest BCUT2D eigenvalue weighted by Crippen LogP contribution is 2.43. The van der Waals surface area contributed by atoms with E-state index in [2.05, 4.69) is 16.8 Å². The third kappa shape index (κ3) is 5.40. The van der Waals surface area contributed by atoms with Gasteiger partial charge in [0.05, 0.1) is 29.4 Å². The zero-order chi connectivity index (χ0) is 21.0. The van der Waals surface area contributed by atoms with Crippen molar-refractivity contribution in [1.29, 1.82) is 0 Å². The number of nitrogens with two attached hydrogens (primary N) is 2. The van der Waals surface area contributed by atoms with Gasteiger partial charge in [-0.1, -0.05) is 30.3 Å². The number of halogens is 1. The number of hydrogen-bond donors (Lipinski definition) is 3. The second kappa shape index (κ2) is 9.60. The zero-order valence-electron chi connectivity index (χ0n) is 17.1. The van der Waals surface area contributed by atoms with Gasteiger partial charge in [-0.2, -0.15) is 0 Å². The van der Waals surface area contributed by atoms with Crippen molar-refractivity contribution in [2.24, 2.45) is 17.1 Å². The van der Waals surface area contributed by atoms with E-state index in [-0.39, 0.29) is 12.5 Å². The lowest BCUT2D eigenvalue weighted by atomic mass is 9.76. The lowest BCUT2D eigenvalue weighted by molar-refractivity contribution is 0.0737. The van der Waals surface area contributed by atoms with Crippen molar-refractivity contribution in [3.8, 4) is 0 Å². The number of allylic oxidation sites excluding steroid dienone is 2. The van der Waals surface area contributed by atoms with Gasteiger partial charge in [-0.05, 0) is 49.8 Å². The quantitative estimate of drug-likeness (QED) is 0.461. The van der Waals surface area contributed by atoms with E-state index in [1.54, 1.807) is 12.3 Å². The Labute approximate surface area is 182 Å². The van der Waals surface area contributed by atoms with Crippen LogP contribution in [0.4, 0.5) is 5.82 Å². The van der Waals surface area contributed by atoms with Gasteiger partial charge in [0.1, 0.15) is 5.82 Å². The van der Waals surface area contributed by atoms with Gasteiger partial charge in [0.25, 0.3) is 0 Å². The van der Waals surface area contributed by atoms with Gasteiger partial charge in [0, 0.05) is 35.8 Å². The second-order valence-corrected chi connectivity index (χ2v) is 9.66. The fourth-order valence-electron chi connectivity index (χ4n) is 4.16. The minimum absolute atomic E-state index is 0.0389. The number of pyridine rings is 1.